The molecule has 0 radical (unpaired) electrons. The molecule has 98 valence electrons. The van der Waals surface area contributed by atoms with Crippen LogP contribution in [0, 0.1) is 5.92 Å². The molecule has 1 fully saturated rings. The SMILES string of the molecule is C=CC(F)(F)C(=O)N1CC[C@H](NCC(C)C)C1. The van der Waals surface area contributed by atoms with Gasteiger partial charge < -0.3 is 10.2 Å². The highest BCUT2D eigenvalue weighted by Gasteiger charge is 2.41. The van der Waals surface area contributed by atoms with E-state index in [1.807, 2.05) is 0 Å². The van der Waals surface area contributed by atoms with Gasteiger partial charge in [0.25, 0.3) is 5.91 Å². The number of halogens is 2. The average Bonchev–Trinajstić information content (AvgIpc) is 2.73. The molecule has 0 aromatic heterocycles. The lowest BCUT2D eigenvalue weighted by molar-refractivity contribution is -0.149. The van der Waals surface area contributed by atoms with Crippen molar-refractivity contribution in [2.24, 2.45) is 5.92 Å². The summed E-state index contributed by atoms with van der Waals surface area (Å²) in [5.74, 6) is -4.07. The van der Waals surface area contributed by atoms with Crippen molar-refractivity contribution in [3.63, 3.8) is 0 Å². The van der Waals surface area contributed by atoms with E-state index in [4.69, 9.17) is 0 Å². The Morgan fingerprint density at radius 2 is 2.29 bits per heavy atom. The van der Waals surface area contributed by atoms with E-state index in [0.29, 0.717) is 25.1 Å². The fourth-order valence-corrected chi connectivity index (χ4v) is 1.81. The van der Waals surface area contributed by atoms with Gasteiger partial charge in [-0.15, -0.1) is 0 Å². The first-order valence-electron chi connectivity index (χ1n) is 5.91. The van der Waals surface area contributed by atoms with Crippen LogP contribution in [0.25, 0.3) is 0 Å². The van der Waals surface area contributed by atoms with E-state index < -0.39 is 11.8 Å². The number of carbonyl (C=O) groups excluding carboxylic acids is 1. The molecule has 1 N–H and O–H groups in total. The molecular weight excluding hydrogens is 226 g/mol. The van der Waals surface area contributed by atoms with Gasteiger partial charge in [-0.2, -0.15) is 8.78 Å². The fourth-order valence-electron chi connectivity index (χ4n) is 1.81. The molecule has 0 saturated carbocycles. The van der Waals surface area contributed by atoms with Crippen molar-refractivity contribution in [3.8, 4) is 0 Å². The molecule has 5 heteroatoms. The molecule has 1 rings (SSSR count). The second-order valence-electron chi connectivity index (χ2n) is 4.87. The average molecular weight is 246 g/mol. The lowest BCUT2D eigenvalue weighted by Crippen LogP contribution is -2.43. The number of hydrogen-bond acceptors (Lipinski definition) is 2. The predicted octanol–water partition coefficient (Wildman–Crippen LogP) is 1.65. The van der Waals surface area contributed by atoms with Crippen molar-refractivity contribution < 1.29 is 13.6 Å². The molecule has 1 heterocycles. The molecule has 3 nitrogen and oxygen atoms in total. The van der Waals surface area contributed by atoms with Gasteiger partial charge in [-0.3, -0.25) is 4.79 Å². The minimum Gasteiger partial charge on any atom is -0.336 e. The molecule has 0 aliphatic carbocycles. The van der Waals surface area contributed by atoms with E-state index in [0.717, 1.165) is 13.0 Å². The van der Waals surface area contributed by atoms with Crippen LogP contribution >= 0.6 is 0 Å². The van der Waals surface area contributed by atoms with Crippen molar-refractivity contribution in [1.29, 1.82) is 0 Å². The monoisotopic (exact) mass is 246 g/mol. The maximum absolute atomic E-state index is 13.1. The minimum absolute atomic E-state index is 0.127. The van der Waals surface area contributed by atoms with Gasteiger partial charge >= 0.3 is 5.92 Å². The van der Waals surface area contributed by atoms with Gasteiger partial charge in [0.2, 0.25) is 0 Å². The summed E-state index contributed by atoms with van der Waals surface area (Å²) in [6, 6.07) is 0.127. The summed E-state index contributed by atoms with van der Waals surface area (Å²) in [6.45, 7) is 8.73. The maximum atomic E-state index is 13.1. The van der Waals surface area contributed by atoms with Crippen molar-refractivity contribution in [1.82, 2.24) is 10.2 Å². The van der Waals surface area contributed by atoms with E-state index in [-0.39, 0.29) is 6.04 Å². The zero-order chi connectivity index (χ0) is 13.1. The number of carbonyl (C=O) groups is 1. The third-order valence-corrected chi connectivity index (χ3v) is 2.83. The predicted molar refractivity (Wildman–Crippen MR) is 63.0 cm³/mol. The topological polar surface area (TPSA) is 32.3 Å². The molecule has 1 saturated heterocycles. The molecule has 1 amide bonds. The summed E-state index contributed by atoms with van der Waals surface area (Å²) < 4.78 is 26.2. The second-order valence-corrected chi connectivity index (χ2v) is 4.87. The smallest absolute Gasteiger partial charge is 0.336 e. The van der Waals surface area contributed by atoms with E-state index >= 15 is 0 Å². The van der Waals surface area contributed by atoms with Crippen LogP contribution in [-0.2, 0) is 4.79 Å². The van der Waals surface area contributed by atoms with E-state index in [2.05, 4.69) is 25.7 Å². The molecule has 0 spiro atoms. The number of nitrogens with zero attached hydrogens (tertiary/aromatic N) is 1. The molecule has 0 aromatic rings. The zero-order valence-corrected chi connectivity index (χ0v) is 10.4. The number of nitrogens with one attached hydrogen (secondary N) is 1. The molecule has 1 aliphatic heterocycles. The lowest BCUT2D eigenvalue weighted by atomic mass is 10.2. The zero-order valence-electron chi connectivity index (χ0n) is 10.4. The normalized spacial score (nSPS) is 21.0. The summed E-state index contributed by atoms with van der Waals surface area (Å²) in [7, 11) is 0. The van der Waals surface area contributed by atoms with Gasteiger partial charge in [0.15, 0.2) is 0 Å². The van der Waals surface area contributed by atoms with Gasteiger partial charge in [0, 0.05) is 19.1 Å². The first-order valence-corrected chi connectivity index (χ1v) is 5.91. The fraction of sp³-hybridized carbons (Fsp3) is 0.750. The first-order chi connectivity index (χ1) is 7.86. The van der Waals surface area contributed by atoms with E-state index in [1.54, 1.807) is 0 Å². The third kappa shape index (κ3) is 3.77. The van der Waals surface area contributed by atoms with Crippen LogP contribution in [0.5, 0.6) is 0 Å². The van der Waals surface area contributed by atoms with Gasteiger partial charge in [-0.05, 0) is 25.0 Å². The summed E-state index contributed by atoms with van der Waals surface area (Å²) in [5.41, 5.74) is 0. The van der Waals surface area contributed by atoms with Crippen LogP contribution in [0.2, 0.25) is 0 Å². The number of amides is 1. The Labute approximate surface area is 101 Å². The van der Waals surface area contributed by atoms with Crippen LogP contribution in [0.4, 0.5) is 8.78 Å². The number of hydrogen-bond donors (Lipinski definition) is 1. The van der Waals surface area contributed by atoms with E-state index in [9.17, 15) is 13.6 Å². The Hall–Kier alpha value is -0.970. The molecule has 1 atom stereocenters. The van der Waals surface area contributed by atoms with Gasteiger partial charge in [0.1, 0.15) is 0 Å². The Balaban J connectivity index is 2.45. The molecular formula is C12H20F2N2O. The van der Waals surface area contributed by atoms with Gasteiger partial charge in [-0.25, -0.2) is 0 Å². The molecule has 0 aromatic carbocycles. The highest BCUT2D eigenvalue weighted by atomic mass is 19.3. The van der Waals surface area contributed by atoms with Crippen molar-refractivity contribution in [2.45, 2.75) is 32.2 Å². The Morgan fingerprint density at radius 3 is 2.82 bits per heavy atom. The second kappa shape index (κ2) is 5.58. The molecule has 0 unspecified atom stereocenters. The van der Waals surface area contributed by atoms with Crippen LogP contribution < -0.4 is 5.32 Å². The Morgan fingerprint density at radius 1 is 1.65 bits per heavy atom. The molecule has 1 aliphatic rings. The van der Waals surface area contributed by atoms with Crippen LogP contribution in [0.1, 0.15) is 20.3 Å². The highest BCUT2D eigenvalue weighted by molar-refractivity contribution is 5.85. The first kappa shape index (κ1) is 14.1. The van der Waals surface area contributed by atoms with Crippen LogP contribution in [0.15, 0.2) is 12.7 Å². The quantitative estimate of drug-likeness (QED) is 0.748. The van der Waals surface area contributed by atoms with Crippen molar-refractivity contribution in [2.75, 3.05) is 19.6 Å². The van der Waals surface area contributed by atoms with Gasteiger partial charge in [0.05, 0.1) is 0 Å². The van der Waals surface area contributed by atoms with Gasteiger partial charge in [-0.1, -0.05) is 20.4 Å². The van der Waals surface area contributed by atoms with Crippen molar-refractivity contribution in [3.05, 3.63) is 12.7 Å². The minimum atomic E-state index is -3.44. The summed E-state index contributed by atoms with van der Waals surface area (Å²) in [6.07, 6.45) is 1.13. The standard InChI is InChI=1S/C12H20F2N2O/c1-4-12(13,14)11(17)16-6-5-10(8-16)15-7-9(2)3/h4,9-10,15H,1,5-8H2,2-3H3/t10-/m0/s1. The largest absolute Gasteiger partial charge is 0.342 e. The summed E-state index contributed by atoms with van der Waals surface area (Å²) in [4.78, 5) is 12.7. The van der Waals surface area contributed by atoms with Crippen LogP contribution in [-0.4, -0.2) is 42.4 Å². The Kier molecular flexibility index (Phi) is 4.62. The number of alkyl halides is 2. The number of likely N-dealkylation sites (tertiary alicyclic amines) is 1. The Bertz CT molecular complexity index is 292. The summed E-state index contributed by atoms with van der Waals surface area (Å²) >= 11 is 0. The molecule has 17 heavy (non-hydrogen) atoms. The maximum Gasteiger partial charge on any atom is 0.342 e. The van der Waals surface area contributed by atoms with E-state index in [1.165, 1.54) is 4.90 Å². The molecule has 0 bridgehead atoms. The number of rotatable bonds is 5. The highest BCUT2D eigenvalue weighted by Crippen LogP contribution is 2.21. The van der Waals surface area contributed by atoms with Crippen LogP contribution in [0.3, 0.4) is 0 Å². The summed E-state index contributed by atoms with van der Waals surface area (Å²) in [5, 5.41) is 3.27. The van der Waals surface area contributed by atoms with Crippen molar-refractivity contribution >= 4 is 5.91 Å². The lowest BCUT2D eigenvalue weighted by Gasteiger charge is -2.21. The third-order valence-electron chi connectivity index (χ3n) is 2.83.